The molecule has 0 radical (unpaired) electrons. The number of benzene rings is 2. The molecule has 3 N–H and O–H groups in total. The predicted octanol–water partition coefficient (Wildman–Crippen LogP) is 6.02. The molecular weight excluding hydrogens is 428 g/mol. The van der Waals surface area contributed by atoms with Crippen molar-refractivity contribution in [2.45, 2.75) is 82.1 Å². The molecule has 3 heteroatoms. The van der Waals surface area contributed by atoms with Crippen molar-refractivity contribution in [2.75, 3.05) is 6.54 Å². The Labute approximate surface area is 211 Å². The number of hydrogen-bond donors (Lipinski definition) is 2. The van der Waals surface area contributed by atoms with Crippen LogP contribution in [-0.2, 0) is 16.6 Å². The van der Waals surface area contributed by atoms with Crippen molar-refractivity contribution in [1.82, 2.24) is 5.32 Å². The van der Waals surface area contributed by atoms with Gasteiger partial charge in [0, 0.05) is 6.04 Å². The Hall–Kier alpha value is -2.13. The molecule has 3 nitrogen and oxygen atoms in total. The fourth-order valence-corrected chi connectivity index (χ4v) is 8.97. The molecule has 4 bridgehead atoms. The molecule has 0 heterocycles. The Bertz CT molecular complexity index is 994. The summed E-state index contributed by atoms with van der Waals surface area (Å²) in [5, 5.41) is 3.58. The Kier molecular flexibility index (Phi) is 6.25. The molecular formula is C32H42N2O. The lowest BCUT2D eigenvalue weighted by Gasteiger charge is -2.64. The number of carbonyl (C=O) groups is 1. The van der Waals surface area contributed by atoms with Crippen molar-refractivity contribution in [3.8, 4) is 0 Å². The number of nitrogens with two attached hydrogens (primary N) is 1. The van der Waals surface area contributed by atoms with E-state index in [0.29, 0.717) is 29.7 Å². The summed E-state index contributed by atoms with van der Waals surface area (Å²) >= 11 is 0. The summed E-state index contributed by atoms with van der Waals surface area (Å²) in [7, 11) is 0. The van der Waals surface area contributed by atoms with Crippen molar-refractivity contribution < 1.29 is 4.79 Å². The highest BCUT2D eigenvalue weighted by Crippen LogP contribution is 2.68. The highest BCUT2D eigenvalue weighted by molar-refractivity contribution is 5.84. The lowest BCUT2D eigenvalue weighted by atomic mass is 9.39. The first-order chi connectivity index (χ1) is 17.1. The van der Waals surface area contributed by atoms with Crippen LogP contribution in [-0.4, -0.2) is 18.5 Å². The Morgan fingerprint density at radius 1 is 0.857 bits per heavy atom. The quantitative estimate of drug-likeness (QED) is 0.520. The predicted molar refractivity (Wildman–Crippen MR) is 142 cm³/mol. The SMILES string of the molecule is NC[C@H]1CC[C@H](NC(=O)C23CC4CC(c5ccccc5)(CC(C2)C4CCc2ccccc2)C3)CC1. The molecule has 0 aliphatic heterocycles. The third-order valence-corrected chi connectivity index (χ3v) is 10.5. The van der Waals surface area contributed by atoms with Gasteiger partial charge in [0.25, 0.3) is 0 Å². The molecule has 5 aliphatic rings. The number of amides is 1. The van der Waals surface area contributed by atoms with E-state index in [4.69, 9.17) is 5.73 Å². The maximum absolute atomic E-state index is 14.0. The van der Waals surface area contributed by atoms with Crippen LogP contribution in [0.3, 0.4) is 0 Å². The molecule has 0 saturated heterocycles. The Morgan fingerprint density at radius 3 is 2.11 bits per heavy atom. The monoisotopic (exact) mass is 470 g/mol. The summed E-state index contributed by atoms with van der Waals surface area (Å²) in [5.74, 6) is 3.12. The van der Waals surface area contributed by atoms with Crippen LogP contribution in [0.25, 0.3) is 0 Å². The van der Waals surface area contributed by atoms with Crippen LogP contribution in [0.1, 0.15) is 75.3 Å². The second-order valence-electron chi connectivity index (χ2n) is 12.6. The maximum Gasteiger partial charge on any atom is 0.226 e. The van der Waals surface area contributed by atoms with E-state index in [0.717, 1.165) is 57.4 Å². The van der Waals surface area contributed by atoms with Crippen LogP contribution in [0.5, 0.6) is 0 Å². The normalized spacial score (nSPS) is 37.8. The lowest BCUT2D eigenvalue weighted by Crippen LogP contribution is -2.62. The van der Waals surface area contributed by atoms with Gasteiger partial charge in [-0.1, -0.05) is 60.7 Å². The van der Waals surface area contributed by atoms with Gasteiger partial charge in [-0.2, -0.15) is 0 Å². The van der Waals surface area contributed by atoms with Gasteiger partial charge in [-0.05, 0) is 117 Å². The van der Waals surface area contributed by atoms with Crippen LogP contribution in [0, 0.1) is 29.1 Å². The average Bonchev–Trinajstić information content (AvgIpc) is 2.89. The van der Waals surface area contributed by atoms with Crippen molar-refractivity contribution in [3.05, 3.63) is 71.8 Å². The fraction of sp³-hybridized carbons (Fsp3) is 0.594. The number of nitrogens with one attached hydrogen (secondary N) is 1. The van der Waals surface area contributed by atoms with Crippen LogP contribution in [0.4, 0.5) is 0 Å². The van der Waals surface area contributed by atoms with Crippen LogP contribution >= 0.6 is 0 Å². The van der Waals surface area contributed by atoms with Gasteiger partial charge in [-0.3, -0.25) is 4.79 Å². The van der Waals surface area contributed by atoms with Gasteiger partial charge in [0.15, 0.2) is 0 Å². The van der Waals surface area contributed by atoms with E-state index in [1.165, 1.54) is 36.8 Å². The largest absolute Gasteiger partial charge is 0.353 e. The molecule has 5 aliphatic carbocycles. The van der Waals surface area contributed by atoms with Gasteiger partial charge in [0.1, 0.15) is 0 Å². The first-order valence-electron chi connectivity index (χ1n) is 14.2. The minimum atomic E-state index is -0.171. The van der Waals surface area contributed by atoms with E-state index in [1.54, 1.807) is 0 Å². The molecule has 35 heavy (non-hydrogen) atoms. The number of carbonyl (C=O) groups excluding carboxylic acids is 1. The van der Waals surface area contributed by atoms with E-state index in [-0.39, 0.29) is 10.8 Å². The van der Waals surface area contributed by atoms with Crippen molar-refractivity contribution in [3.63, 3.8) is 0 Å². The molecule has 5 saturated carbocycles. The molecule has 0 spiro atoms. The highest BCUT2D eigenvalue weighted by Gasteiger charge is 2.63. The second kappa shape index (κ2) is 9.39. The summed E-state index contributed by atoms with van der Waals surface area (Å²) in [6, 6.07) is 22.5. The molecule has 2 aromatic carbocycles. The Balaban J connectivity index is 1.23. The third-order valence-electron chi connectivity index (χ3n) is 10.5. The number of hydrogen-bond acceptors (Lipinski definition) is 2. The van der Waals surface area contributed by atoms with E-state index >= 15 is 0 Å². The minimum Gasteiger partial charge on any atom is -0.353 e. The standard InChI is InChI=1S/C32H42N2O/c33-21-24-11-14-28(15-12-24)34-30(35)32-19-25-17-31(22-32,27-9-5-2-6-10-27)18-26(20-32)29(25)16-13-23-7-3-1-4-8-23/h1-10,24-26,28-29H,11-22,33H2,(H,34,35)/t24-,25?,26?,28-,29?,31?,32?. The van der Waals surface area contributed by atoms with Crippen LogP contribution in [0.15, 0.2) is 60.7 Å². The van der Waals surface area contributed by atoms with Crippen LogP contribution in [0.2, 0.25) is 0 Å². The van der Waals surface area contributed by atoms with Crippen molar-refractivity contribution in [1.29, 1.82) is 0 Å². The molecule has 2 unspecified atom stereocenters. The molecule has 0 aromatic heterocycles. The molecule has 2 aromatic rings. The highest BCUT2D eigenvalue weighted by atomic mass is 16.2. The second-order valence-corrected chi connectivity index (χ2v) is 12.6. The molecule has 1 amide bonds. The third kappa shape index (κ3) is 4.35. The van der Waals surface area contributed by atoms with Gasteiger partial charge in [-0.15, -0.1) is 0 Å². The van der Waals surface area contributed by atoms with Gasteiger partial charge in [-0.25, -0.2) is 0 Å². The summed E-state index contributed by atoms with van der Waals surface area (Å²) in [5.41, 5.74) is 8.86. The smallest absolute Gasteiger partial charge is 0.226 e. The van der Waals surface area contributed by atoms with E-state index < -0.39 is 0 Å². The van der Waals surface area contributed by atoms with E-state index in [1.807, 2.05) is 0 Å². The summed E-state index contributed by atoms with van der Waals surface area (Å²) in [4.78, 5) is 14.0. The van der Waals surface area contributed by atoms with Gasteiger partial charge >= 0.3 is 0 Å². The van der Waals surface area contributed by atoms with Gasteiger partial charge < -0.3 is 11.1 Å². The van der Waals surface area contributed by atoms with Gasteiger partial charge in [0.05, 0.1) is 5.41 Å². The van der Waals surface area contributed by atoms with Crippen LogP contribution < -0.4 is 11.1 Å². The molecule has 7 rings (SSSR count). The minimum absolute atomic E-state index is 0.171. The zero-order valence-corrected chi connectivity index (χ0v) is 21.1. The zero-order chi connectivity index (χ0) is 23.9. The number of rotatable bonds is 7. The summed E-state index contributed by atoms with van der Waals surface area (Å²) in [6.45, 7) is 0.790. The summed E-state index contributed by atoms with van der Waals surface area (Å²) < 4.78 is 0. The molecule has 186 valence electrons. The fourth-order valence-electron chi connectivity index (χ4n) is 8.97. The average molecular weight is 471 g/mol. The zero-order valence-electron chi connectivity index (χ0n) is 21.1. The molecule has 5 fully saturated rings. The topological polar surface area (TPSA) is 55.1 Å². The first kappa shape index (κ1) is 23.3. The van der Waals surface area contributed by atoms with E-state index in [2.05, 4.69) is 66.0 Å². The number of aryl methyl sites for hydroxylation is 1. The Morgan fingerprint density at radius 2 is 1.49 bits per heavy atom. The van der Waals surface area contributed by atoms with Crippen molar-refractivity contribution >= 4 is 5.91 Å². The van der Waals surface area contributed by atoms with Crippen molar-refractivity contribution in [2.24, 2.45) is 34.8 Å². The first-order valence-corrected chi connectivity index (χ1v) is 14.2. The van der Waals surface area contributed by atoms with E-state index in [9.17, 15) is 4.79 Å². The molecule has 2 atom stereocenters. The maximum atomic E-state index is 14.0. The lowest BCUT2D eigenvalue weighted by molar-refractivity contribution is -0.159. The van der Waals surface area contributed by atoms with Gasteiger partial charge in [0.2, 0.25) is 5.91 Å². The summed E-state index contributed by atoms with van der Waals surface area (Å²) in [6.07, 6.45) is 12.7.